The molecule has 0 aromatic heterocycles. The first-order valence-electron chi connectivity index (χ1n) is 5.24. The third-order valence-corrected chi connectivity index (χ3v) is 2.41. The number of nitro benzene ring substituents is 2. The summed E-state index contributed by atoms with van der Waals surface area (Å²) < 4.78 is 0. The van der Waals surface area contributed by atoms with Crippen LogP contribution in [0.25, 0.3) is 0 Å². The van der Waals surface area contributed by atoms with Crippen LogP contribution in [0.1, 0.15) is 0 Å². The number of rotatable bonds is 2. The molecule has 2 aromatic rings. The van der Waals surface area contributed by atoms with Crippen molar-refractivity contribution in [2.45, 2.75) is 0 Å². The molecule has 0 fully saturated rings. The van der Waals surface area contributed by atoms with Crippen molar-refractivity contribution in [3.63, 3.8) is 0 Å². The van der Waals surface area contributed by atoms with Gasteiger partial charge in [-0.05, 0) is 18.2 Å². The Morgan fingerprint density at radius 1 is 0.950 bits per heavy atom. The lowest BCUT2D eigenvalue weighted by Crippen LogP contribution is -1.92. The number of halogens is 1. The van der Waals surface area contributed by atoms with Gasteiger partial charge in [0.05, 0.1) is 15.9 Å². The highest BCUT2D eigenvalue weighted by atomic mass is 35.5. The molecule has 0 atom stereocenters. The molecule has 0 saturated carbocycles. The van der Waals surface area contributed by atoms with E-state index in [1.807, 2.05) is 6.07 Å². The Morgan fingerprint density at radius 3 is 1.95 bits per heavy atom. The van der Waals surface area contributed by atoms with Gasteiger partial charge in [0, 0.05) is 6.07 Å². The maximum Gasteiger partial charge on any atom is 0.294 e. The number of non-ortho nitro benzene ring substituents is 1. The minimum absolute atomic E-state index is 0.115. The predicted molar refractivity (Wildman–Crippen MR) is 72.9 cm³/mol. The smallest absolute Gasteiger partial charge is 0.294 e. The first-order chi connectivity index (χ1) is 9.41. The number of benzene rings is 2. The molecule has 0 amide bonds. The zero-order valence-corrected chi connectivity index (χ0v) is 10.7. The lowest BCUT2D eigenvalue weighted by Gasteiger charge is -1.94. The van der Waals surface area contributed by atoms with Crippen LogP contribution in [-0.2, 0) is 0 Å². The molecule has 8 heteroatoms. The maximum absolute atomic E-state index is 10.3. The molecule has 0 unspecified atom stereocenters. The average Bonchev–Trinajstić information content (AvgIpc) is 2.40. The van der Waals surface area contributed by atoms with E-state index in [9.17, 15) is 20.2 Å². The molecule has 1 N–H and O–H groups in total. The second kappa shape index (κ2) is 7.05. The fourth-order valence-corrected chi connectivity index (χ4v) is 1.37. The van der Waals surface area contributed by atoms with E-state index in [2.05, 4.69) is 0 Å². The summed E-state index contributed by atoms with van der Waals surface area (Å²) in [5.41, 5.74) is -0.813. The van der Waals surface area contributed by atoms with Crippen molar-refractivity contribution in [3.05, 3.63) is 73.8 Å². The van der Waals surface area contributed by atoms with Crippen molar-refractivity contribution >= 4 is 23.0 Å². The Labute approximate surface area is 118 Å². The van der Waals surface area contributed by atoms with Gasteiger partial charge >= 0.3 is 0 Å². The summed E-state index contributed by atoms with van der Waals surface area (Å²) in [5.74, 6) is 0.322. The molecule has 0 spiro atoms. The van der Waals surface area contributed by atoms with Gasteiger partial charge in [-0.2, -0.15) is 0 Å². The van der Waals surface area contributed by atoms with Crippen LogP contribution in [0.15, 0.2) is 48.5 Å². The van der Waals surface area contributed by atoms with E-state index >= 15 is 0 Å². The number of aromatic hydroxyl groups is 1. The average molecular weight is 297 g/mol. The van der Waals surface area contributed by atoms with Crippen LogP contribution in [0.2, 0.25) is 5.02 Å². The summed E-state index contributed by atoms with van der Waals surface area (Å²) in [6.45, 7) is 0. The SMILES string of the molecule is O=[N+]([O-])c1ccc(Cl)c([N+](=O)[O-])c1.Oc1ccccc1. The zero-order valence-electron chi connectivity index (χ0n) is 9.97. The number of para-hydroxylation sites is 1. The number of hydrogen-bond acceptors (Lipinski definition) is 5. The standard InChI is InChI=1S/C6H3ClN2O4.C6H6O/c7-5-2-1-4(8(10)11)3-6(5)9(12)13;7-6-4-2-1-3-5-6/h1-3H;1-5,7H. The van der Waals surface area contributed by atoms with Crippen LogP contribution in [0.3, 0.4) is 0 Å². The van der Waals surface area contributed by atoms with E-state index in [1.54, 1.807) is 24.3 Å². The normalized spacial score (nSPS) is 9.25. The molecule has 104 valence electrons. The monoisotopic (exact) mass is 296 g/mol. The molecule has 7 nitrogen and oxygen atoms in total. The first-order valence-corrected chi connectivity index (χ1v) is 5.62. The number of phenolic OH excluding ortho intramolecular Hbond substituents is 1. The molecule has 0 heterocycles. The topological polar surface area (TPSA) is 107 Å². The summed E-state index contributed by atoms with van der Waals surface area (Å²) in [7, 11) is 0. The molecule has 20 heavy (non-hydrogen) atoms. The van der Waals surface area contributed by atoms with E-state index in [0.717, 1.165) is 18.2 Å². The van der Waals surface area contributed by atoms with E-state index in [1.165, 1.54) is 0 Å². The number of hydrogen-bond donors (Lipinski definition) is 1. The third-order valence-electron chi connectivity index (χ3n) is 2.09. The van der Waals surface area contributed by atoms with Crippen LogP contribution in [0.4, 0.5) is 11.4 Å². The van der Waals surface area contributed by atoms with Gasteiger partial charge in [-0.25, -0.2) is 0 Å². The Balaban J connectivity index is 0.000000240. The largest absolute Gasteiger partial charge is 0.508 e. The molecule has 0 aliphatic carbocycles. The number of nitro groups is 2. The van der Waals surface area contributed by atoms with Gasteiger partial charge in [0.25, 0.3) is 11.4 Å². The van der Waals surface area contributed by atoms with Gasteiger partial charge in [-0.15, -0.1) is 0 Å². The predicted octanol–water partition coefficient (Wildman–Crippen LogP) is 3.55. The highest BCUT2D eigenvalue weighted by molar-refractivity contribution is 6.32. The van der Waals surface area contributed by atoms with Crippen LogP contribution in [0, 0.1) is 20.2 Å². The summed E-state index contributed by atoms with van der Waals surface area (Å²) in [6, 6.07) is 11.8. The lowest BCUT2D eigenvalue weighted by atomic mass is 10.3. The van der Waals surface area contributed by atoms with Gasteiger partial charge in [0.2, 0.25) is 0 Å². The molecular formula is C12H9ClN2O5. The van der Waals surface area contributed by atoms with Gasteiger partial charge in [0.15, 0.2) is 0 Å². The molecular weight excluding hydrogens is 288 g/mol. The van der Waals surface area contributed by atoms with E-state index < -0.39 is 15.5 Å². The molecule has 0 aliphatic heterocycles. The summed E-state index contributed by atoms with van der Waals surface area (Å²) in [5, 5.41) is 29.0. The Bertz CT molecular complexity index is 618. The van der Waals surface area contributed by atoms with Gasteiger partial charge in [-0.3, -0.25) is 20.2 Å². The van der Waals surface area contributed by atoms with Crippen molar-refractivity contribution in [2.24, 2.45) is 0 Å². The minimum atomic E-state index is -0.769. The third kappa shape index (κ3) is 4.54. The Hall–Kier alpha value is -2.67. The molecule has 0 aliphatic rings. The van der Waals surface area contributed by atoms with Crippen LogP contribution < -0.4 is 0 Å². The Kier molecular flexibility index (Phi) is 5.42. The molecule has 0 bridgehead atoms. The van der Waals surface area contributed by atoms with Crippen molar-refractivity contribution in [1.82, 2.24) is 0 Å². The van der Waals surface area contributed by atoms with Gasteiger partial charge in [-0.1, -0.05) is 29.8 Å². The second-order valence-electron chi connectivity index (χ2n) is 3.49. The van der Waals surface area contributed by atoms with Crippen LogP contribution in [-0.4, -0.2) is 15.0 Å². The molecule has 2 rings (SSSR count). The highest BCUT2D eigenvalue weighted by Crippen LogP contribution is 2.28. The summed E-state index contributed by atoms with van der Waals surface area (Å²) in [4.78, 5) is 19.0. The zero-order chi connectivity index (χ0) is 15.1. The number of nitrogens with zero attached hydrogens (tertiary/aromatic N) is 2. The molecule has 0 saturated heterocycles. The van der Waals surface area contributed by atoms with E-state index in [4.69, 9.17) is 16.7 Å². The summed E-state index contributed by atoms with van der Waals surface area (Å²) >= 11 is 5.43. The van der Waals surface area contributed by atoms with Gasteiger partial charge < -0.3 is 5.11 Å². The van der Waals surface area contributed by atoms with E-state index in [0.29, 0.717) is 5.75 Å². The van der Waals surface area contributed by atoms with Crippen LogP contribution in [0.5, 0.6) is 5.75 Å². The molecule has 0 radical (unpaired) electrons. The summed E-state index contributed by atoms with van der Waals surface area (Å²) in [6.07, 6.45) is 0. The fourth-order valence-electron chi connectivity index (χ4n) is 1.18. The molecule has 2 aromatic carbocycles. The first kappa shape index (κ1) is 15.4. The fraction of sp³-hybridized carbons (Fsp3) is 0. The van der Waals surface area contributed by atoms with Crippen molar-refractivity contribution < 1.29 is 15.0 Å². The minimum Gasteiger partial charge on any atom is -0.508 e. The van der Waals surface area contributed by atoms with Gasteiger partial charge in [0.1, 0.15) is 10.8 Å². The highest BCUT2D eigenvalue weighted by Gasteiger charge is 2.17. The quantitative estimate of drug-likeness (QED) is 0.673. The van der Waals surface area contributed by atoms with Crippen molar-refractivity contribution in [3.8, 4) is 5.75 Å². The lowest BCUT2D eigenvalue weighted by molar-refractivity contribution is -0.394. The maximum atomic E-state index is 10.3. The second-order valence-corrected chi connectivity index (χ2v) is 3.89. The number of phenols is 1. The van der Waals surface area contributed by atoms with Crippen LogP contribution >= 0.6 is 11.6 Å². The van der Waals surface area contributed by atoms with Crippen molar-refractivity contribution in [1.29, 1.82) is 0 Å². The van der Waals surface area contributed by atoms with Crippen molar-refractivity contribution in [2.75, 3.05) is 0 Å². The Morgan fingerprint density at radius 2 is 1.55 bits per heavy atom. The van der Waals surface area contributed by atoms with E-state index in [-0.39, 0.29) is 10.7 Å².